The topological polar surface area (TPSA) is 81.7 Å². The molecular weight excluding hydrogens is 267 g/mol. The van der Waals surface area contributed by atoms with Crippen LogP contribution in [0.4, 0.5) is 18.0 Å². The fraction of sp³-hybridized carbons (Fsp3) is 0.800. The van der Waals surface area contributed by atoms with Gasteiger partial charge in [0.2, 0.25) is 5.91 Å². The normalized spacial score (nSPS) is 13.2. The highest BCUT2D eigenvalue weighted by molar-refractivity contribution is 5.96. The van der Waals surface area contributed by atoms with Crippen molar-refractivity contribution in [3.05, 3.63) is 0 Å². The highest BCUT2D eigenvalue weighted by Crippen LogP contribution is 2.17. The summed E-state index contributed by atoms with van der Waals surface area (Å²) in [6.45, 7) is 0.984. The van der Waals surface area contributed by atoms with Crippen LogP contribution in [0.25, 0.3) is 0 Å². The van der Waals surface area contributed by atoms with E-state index in [0.29, 0.717) is 0 Å². The van der Waals surface area contributed by atoms with Gasteiger partial charge in [-0.1, -0.05) is 0 Å². The molecule has 0 aliphatic carbocycles. The van der Waals surface area contributed by atoms with Gasteiger partial charge >= 0.3 is 12.2 Å². The van der Waals surface area contributed by atoms with Crippen LogP contribution < -0.4 is 10.6 Å². The number of carbonyl (C=O) groups excluding carboxylic acids is 2. The second-order valence-electron chi connectivity index (χ2n) is 3.83. The zero-order chi connectivity index (χ0) is 15.1. The lowest BCUT2D eigenvalue weighted by Gasteiger charge is -2.28. The lowest BCUT2D eigenvalue weighted by atomic mass is 10.2. The van der Waals surface area contributed by atoms with E-state index in [0.717, 1.165) is 4.90 Å². The number of rotatable bonds is 6. The van der Waals surface area contributed by atoms with Crippen molar-refractivity contribution in [3.8, 4) is 0 Å². The molecule has 0 aliphatic rings. The Morgan fingerprint density at radius 1 is 1.37 bits per heavy atom. The molecule has 0 aliphatic heterocycles. The van der Waals surface area contributed by atoms with Crippen LogP contribution in [0.15, 0.2) is 0 Å². The minimum absolute atomic E-state index is 0.288. The summed E-state index contributed by atoms with van der Waals surface area (Å²) >= 11 is 0. The third kappa shape index (κ3) is 7.62. The van der Waals surface area contributed by atoms with Crippen LogP contribution in [0, 0.1) is 0 Å². The second kappa shape index (κ2) is 7.95. The van der Waals surface area contributed by atoms with Crippen molar-refractivity contribution in [3.63, 3.8) is 0 Å². The fourth-order valence-electron chi connectivity index (χ4n) is 1.36. The maximum Gasteiger partial charge on any atom is 0.401 e. The number of halogens is 3. The van der Waals surface area contributed by atoms with Gasteiger partial charge in [-0.3, -0.25) is 15.0 Å². The summed E-state index contributed by atoms with van der Waals surface area (Å²) in [7, 11) is 0. The van der Waals surface area contributed by atoms with Crippen molar-refractivity contribution in [2.45, 2.75) is 26.1 Å². The monoisotopic (exact) mass is 285 g/mol. The Labute approximate surface area is 108 Å². The third-order valence-corrected chi connectivity index (χ3v) is 2.27. The Morgan fingerprint density at radius 2 is 1.95 bits per heavy atom. The van der Waals surface area contributed by atoms with Gasteiger partial charge < -0.3 is 10.4 Å². The number of aliphatic hydroxyl groups is 1. The van der Waals surface area contributed by atoms with Crippen LogP contribution in [0.3, 0.4) is 0 Å². The van der Waals surface area contributed by atoms with Crippen LogP contribution in [0.5, 0.6) is 0 Å². The second-order valence-corrected chi connectivity index (χ2v) is 3.83. The quantitative estimate of drug-likeness (QED) is 0.645. The van der Waals surface area contributed by atoms with Gasteiger partial charge in [-0.25, -0.2) is 4.79 Å². The molecule has 6 nitrogen and oxygen atoms in total. The molecule has 19 heavy (non-hydrogen) atoms. The number of hydrogen-bond donors (Lipinski definition) is 3. The Kier molecular flexibility index (Phi) is 7.38. The van der Waals surface area contributed by atoms with E-state index in [4.69, 9.17) is 5.11 Å². The summed E-state index contributed by atoms with van der Waals surface area (Å²) in [5.41, 5.74) is 0. The zero-order valence-corrected chi connectivity index (χ0v) is 10.8. The van der Waals surface area contributed by atoms with Gasteiger partial charge in [-0.15, -0.1) is 0 Å². The molecule has 112 valence electrons. The summed E-state index contributed by atoms with van der Waals surface area (Å²) < 4.78 is 36.9. The van der Waals surface area contributed by atoms with Crippen molar-refractivity contribution in [2.24, 2.45) is 0 Å². The van der Waals surface area contributed by atoms with Crippen LogP contribution >= 0.6 is 0 Å². The van der Waals surface area contributed by atoms with Gasteiger partial charge in [0.25, 0.3) is 0 Å². The van der Waals surface area contributed by atoms with Crippen LogP contribution in [-0.2, 0) is 4.79 Å². The first-order valence-electron chi connectivity index (χ1n) is 5.71. The van der Waals surface area contributed by atoms with Gasteiger partial charge in [-0.2, -0.15) is 13.2 Å². The predicted molar refractivity (Wildman–Crippen MR) is 61.4 cm³/mol. The van der Waals surface area contributed by atoms with E-state index in [2.05, 4.69) is 5.32 Å². The zero-order valence-electron chi connectivity index (χ0n) is 10.8. The largest absolute Gasteiger partial charge is 0.401 e. The highest BCUT2D eigenvalue weighted by atomic mass is 19.4. The average Bonchev–Trinajstić information content (AvgIpc) is 2.25. The molecule has 0 aromatic rings. The van der Waals surface area contributed by atoms with E-state index in [-0.39, 0.29) is 13.1 Å². The SMILES string of the molecule is CCNC(=O)NC(=O)C(C)N(CCO)CC(F)(F)F. The molecule has 3 N–H and O–H groups in total. The molecule has 0 aromatic carbocycles. The van der Waals surface area contributed by atoms with E-state index in [1.165, 1.54) is 6.92 Å². The van der Waals surface area contributed by atoms with E-state index in [1.54, 1.807) is 6.92 Å². The van der Waals surface area contributed by atoms with E-state index in [1.807, 2.05) is 5.32 Å². The number of aliphatic hydroxyl groups excluding tert-OH is 1. The number of alkyl halides is 3. The molecule has 0 rings (SSSR count). The van der Waals surface area contributed by atoms with Crippen LogP contribution in [-0.4, -0.2) is 60.4 Å². The Bertz CT molecular complexity index is 310. The van der Waals surface area contributed by atoms with Crippen molar-refractivity contribution in [2.75, 3.05) is 26.2 Å². The first-order valence-corrected chi connectivity index (χ1v) is 5.71. The molecule has 0 saturated heterocycles. The smallest absolute Gasteiger partial charge is 0.395 e. The number of hydrogen-bond acceptors (Lipinski definition) is 4. The molecular formula is C10H18F3N3O3. The molecule has 0 radical (unpaired) electrons. The summed E-state index contributed by atoms with van der Waals surface area (Å²) in [4.78, 5) is 23.4. The van der Waals surface area contributed by atoms with E-state index < -0.39 is 37.3 Å². The van der Waals surface area contributed by atoms with Crippen molar-refractivity contribution < 1.29 is 27.9 Å². The van der Waals surface area contributed by atoms with Crippen LogP contribution in [0.2, 0.25) is 0 Å². The minimum atomic E-state index is -4.49. The lowest BCUT2D eigenvalue weighted by Crippen LogP contribution is -2.52. The number of nitrogens with zero attached hydrogens (tertiary/aromatic N) is 1. The van der Waals surface area contributed by atoms with E-state index >= 15 is 0 Å². The first-order chi connectivity index (χ1) is 8.71. The molecule has 9 heteroatoms. The van der Waals surface area contributed by atoms with Gasteiger partial charge in [0.1, 0.15) is 0 Å². The van der Waals surface area contributed by atoms with Crippen molar-refractivity contribution in [1.29, 1.82) is 0 Å². The summed E-state index contributed by atoms with van der Waals surface area (Å²) in [5.74, 6) is -0.858. The molecule has 0 heterocycles. The average molecular weight is 285 g/mol. The standard InChI is InChI=1S/C10H18F3N3O3/c1-3-14-9(19)15-8(18)7(2)16(4-5-17)6-10(11,12)13/h7,17H,3-6H2,1-2H3,(H2,14,15,18,19). The van der Waals surface area contributed by atoms with Crippen LogP contribution in [0.1, 0.15) is 13.8 Å². The predicted octanol–water partition coefficient (Wildman–Crippen LogP) is 0.0772. The summed E-state index contributed by atoms with van der Waals surface area (Å²) in [6.07, 6.45) is -4.49. The highest BCUT2D eigenvalue weighted by Gasteiger charge is 2.34. The Balaban J connectivity index is 4.56. The minimum Gasteiger partial charge on any atom is -0.395 e. The number of urea groups is 1. The molecule has 1 unspecified atom stereocenters. The van der Waals surface area contributed by atoms with Gasteiger partial charge in [0, 0.05) is 13.1 Å². The lowest BCUT2D eigenvalue weighted by molar-refractivity contribution is -0.154. The number of imide groups is 1. The summed E-state index contributed by atoms with van der Waals surface area (Å²) in [6, 6.07) is -1.95. The number of carbonyl (C=O) groups is 2. The fourth-order valence-corrected chi connectivity index (χ4v) is 1.36. The van der Waals surface area contributed by atoms with Crippen molar-refractivity contribution in [1.82, 2.24) is 15.5 Å². The van der Waals surface area contributed by atoms with Gasteiger partial charge in [0.15, 0.2) is 0 Å². The van der Waals surface area contributed by atoms with Gasteiger partial charge in [0.05, 0.1) is 19.2 Å². The molecule has 0 aromatic heterocycles. The molecule has 0 fully saturated rings. The molecule has 1 atom stereocenters. The molecule has 0 saturated carbocycles. The molecule has 0 spiro atoms. The Hall–Kier alpha value is -1.35. The number of nitrogens with one attached hydrogen (secondary N) is 2. The van der Waals surface area contributed by atoms with Gasteiger partial charge in [-0.05, 0) is 13.8 Å². The maximum absolute atomic E-state index is 12.3. The number of amides is 3. The first kappa shape index (κ1) is 17.6. The summed E-state index contributed by atoms with van der Waals surface area (Å²) in [5, 5.41) is 12.9. The maximum atomic E-state index is 12.3. The molecule has 0 bridgehead atoms. The Morgan fingerprint density at radius 3 is 2.37 bits per heavy atom. The van der Waals surface area contributed by atoms with E-state index in [9.17, 15) is 22.8 Å². The van der Waals surface area contributed by atoms with Crippen molar-refractivity contribution >= 4 is 11.9 Å². The third-order valence-electron chi connectivity index (χ3n) is 2.27. The molecule has 3 amide bonds.